The van der Waals surface area contributed by atoms with Crippen LogP contribution in [0.25, 0.3) is 11.4 Å². The topological polar surface area (TPSA) is 138 Å². The van der Waals surface area contributed by atoms with E-state index in [-0.39, 0.29) is 35.4 Å². The number of aromatic nitrogens is 4. The maximum Gasteiger partial charge on any atom is 0.350 e. The third kappa shape index (κ3) is 6.50. The van der Waals surface area contributed by atoms with Gasteiger partial charge in [-0.25, -0.2) is 19.7 Å². The van der Waals surface area contributed by atoms with E-state index in [1.807, 2.05) is 6.92 Å². The molecule has 12 nitrogen and oxygen atoms in total. The number of anilines is 2. The number of amides is 1. The van der Waals surface area contributed by atoms with Crippen LogP contribution in [0.2, 0.25) is 10.0 Å². The molecule has 15 heteroatoms. The summed E-state index contributed by atoms with van der Waals surface area (Å²) in [5.41, 5.74) is 1.79. The van der Waals surface area contributed by atoms with Gasteiger partial charge in [-0.2, -0.15) is 0 Å². The van der Waals surface area contributed by atoms with Gasteiger partial charge in [0.25, 0.3) is 5.91 Å². The van der Waals surface area contributed by atoms with Crippen molar-refractivity contribution in [2.24, 2.45) is 0 Å². The summed E-state index contributed by atoms with van der Waals surface area (Å²) in [5, 5.41) is 7.55. The van der Waals surface area contributed by atoms with E-state index in [1.54, 1.807) is 26.2 Å². The van der Waals surface area contributed by atoms with Crippen molar-refractivity contribution in [1.82, 2.24) is 30.6 Å². The average molecular weight is 638 g/mol. The lowest BCUT2D eigenvalue weighted by Crippen LogP contribution is -2.55. The smallest absolute Gasteiger partial charge is 0.350 e. The number of halogens is 2. The molecule has 0 radical (unpaired) electrons. The van der Waals surface area contributed by atoms with Crippen molar-refractivity contribution in [1.29, 1.82) is 0 Å². The van der Waals surface area contributed by atoms with E-state index in [1.165, 1.54) is 11.3 Å². The minimum atomic E-state index is -0.454. The summed E-state index contributed by atoms with van der Waals surface area (Å²) in [6.07, 6.45) is 3.64. The molecule has 0 saturated carbocycles. The van der Waals surface area contributed by atoms with E-state index >= 15 is 0 Å². The summed E-state index contributed by atoms with van der Waals surface area (Å²) in [5.74, 6) is -0.0122. The number of hydrogen-bond acceptors (Lipinski definition) is 11. The Hall–Kier alpha value is -2.97. The molecule has 42 heavy (non-hydrogen) atoms. The second-order valence-electron chi connectivity index (χ2n) is 9.95. The first-order chi connectivity index (χ1) is 20.3. The number of piperazine rings is 1. The number of carbonyl (C=O) groups is 2. The number of rotatable bonds is 9. The summed E-state index contributed by atoms with van der Waals surface area (Å²) in [6.45, 7) is 10.7. The Bertz CT molecular complexity index is 1410. The molecule has 0 aromatic carbocycles. The van der Waals surface area contributed by atoms with Crippen LogP contribution in [0.15, 0.2) is 12.4 Å². The summed E-state index contributed by atoms with van der Waals surface area (Å²) in [6, 6.07) is -0.264. The van der Waals surface area contributed by atoms with Crippen LogP contribution < -0.4 is 20.4 Å². The predicted molar refractivity (Wildman–Crippen MR) is 163 cm³/mol. The number of esters is 1. The molecule has 1 amide bonds. The molecule has 0 spiro atoms. The number of nitrogens with one attached hydrogen (secondary N) is 3. The first-order valence-electron chi connectivity index (χ1n) is 14.0. The largest absolute Gasteiger partial charge is 0.462 e. The number of hydrogen-bond donors (Lipinski definition) is 3. The molecule has 2 aliphatic heterocycles. The monoisotopic (exact) mass is 636 g/mol. The van der Waals surface area contributed by atoms with E-state index in [9.17, 15) is 9.59 Å². The Kier molecular flexibility index (Phi) is 9.84. The predicted octanol–water partition coefficient (Wildman–Crippen LogP) is 3.54. The van der Waals surface area contributed by atoms with E-state index in [4.69, 9.17) is 37.7 Å². The third-order valence-electron chi connectivity index (χ3n) is 7.21. The van der Waals surface area contributed by atoms with Crippen molar-refractivity contribution in [2.45, 2.75) is 39.3 Å². The van der Waals surface area contributed by atoms with Gasteiger partial charge >= 0.3 is 5.97 Å². The highest BCUT2D eigenvalue weighted by atomic mass is 35.5. The van der Waals surface area contributed by atoms with Crippen molar-refractivity contribution in [2.75, 3.05) is 62.3 Å². The van der Waals surface area contributed by atoms with Gasteiger partial charge in [0.1, 0.15) is 27.8 Å². The van der Waals surface area contributed by atoms with E-state index in [0.717, 1.165) is 32.0 Å². The molecule has 0 unspecified atom stereocenters. The third-order valence-corrected chi connectivity index (χ3v) is 9.25. The van der Waals surface area contributed by atoms with Gasteiger partial charge in [-0.3, -0.25) is 4.79 Å². The fourth-order valence-electron chi connectivity index (χ4n) is 5.06. The Balaban J connectivity index is 1.35. The molecule has 3 aromatic heterocycles. The molecule has 5 heterocycles. The highest BCUT2D eigenvalue weighted by Crippen LogP contribution is 2.35. The SMILES string of the molecule is CCOC(=O)c1sc(N2CC[C@@H](NC(=O)c3[nH]c(C)c(Cl)c3Cl)[C@@H](OCC)C2)nc1-c1cnc(N2CCNCC2)cn1. The zero-order chi connectivity index (χ0) is 29.8. The fourth-order valence-corrected chi connectivity index (χ4v) is 6.48. The molecule has 0 bridgehead atoms. The summed E-state index contributed by atoms with van der Waals surface area (Å²) in [7, 11) is 0. The van der Waals surface area contributed by atoms with Crippen molar-refractivity contribution < 1.29 is 19.1 Å². The highest BCUT2D eigenvalue weighted by molar-refractivity contribution is 7.17. The number of ether oxygens (including phenoxy) is 2. The molecular formula is C27H34Cl2N8O4S. The maximum absolute atomic E-state index is 13.0. The molecular weight excluding hydrogens is 603 g/mol. The number of nitrogens with zero attached hydrogens (tertiary/aromatic N) is 5. The van der Waals surface area contributed by atoms with Crippen LogP contribution >= 0.6 is 34.5 Å². The molecule has 2 fully saturated rings. The molecule has 2 atom stereocenters. The van der Waals surface area contributed by atoms with Crippen molar-refractivity contribution in [3.63, 3.8) is 0 Å². The Morgan fingerprint density at radius 1 is 1.10 bits per heavy atom. The van der Waals surface area contributed by atoms with Crippen molar-refractivity contribution in [3.05, 3.63) is 38.7 Å². The van der Waals surface area contributed by atoms with Crippen LogP contribution in [-0.4, -0.2) is 96.4 Å². The summed E-state index contributed by atoms with van der Waals surface area (Å²) < 4.78 is 11.4. The first-order valence-corrected chi connectivity index (χ1v) is 15.5. The zero-order valence-electron chi connectivity index (χ0n) is 23.7. The molecule has 0 aliphatic carbocycles. The van der Waals surface area contributed by atoms with Crippen LogP contribution in [0.5, 0.6) is 0 Å². The second kappa shape index (κ2) is 13.6. The minimum absolute atomic E-state index is 0.197. The molecule has 2 aliphatic rings. The van der Waals surface area contributed by atoms with Gasteiger partial charge < -0.3 is 34.9 Å². The number of aromatic amines is 1. The van der Waals surface area contributed by atoms with Gasteiger partial charge in [0.2, 0.25) is 0 Å². The van der Waals surface area contributed by atoms with E-state index in [0.29, 0.717) is 58.2 Å². The Labute approximate surface area is 258 Å². The lowest BCUT2D eigenvalue weighted by atomic mass is 10.0. The number of carbonyl (C=O) groups excluding carboxylic acids is 2. The number of piperidine rings is 1. The molecule has 3 N–H and O–H groups in total. The second-order valence-corrected chi connectivity index (χ2v) is 11.7. The highest BCUT2D eigenvalue weighted by Gasteiger charge is 2.34. The van der Waals surface area contributed by atoms with Crippen LogP contribution in [0.3, 0.4) is 0 Å². The van der Waals surface area contributed by atoms with Crippen LogP contribution in [0.4, 0.5) is 10.9 Å². The lowest BCUT2D eigenvalue weighted by Gasteiger charge is -2.38. The van der Waals surface area contributed by atoms with E-state index < -0.39 is 5.97 Å². The van der Waals surface area contributed by atoms with Crippen LogP contribution in [0, 0.1) is 6.92 Å². The normalized spacial score (nSPS) is 19.2. The molecule has 3 aromatic rings. The van der Waals surface area contributed by atoms with Gasteiger partial charge in [-0.05, 0) is 27.2 Å². The van der Waals surface area contributed by atoms with Crippen LogP contribution in [-0.2, 0) is 9.47 Å². The van der Waals surface area contributed by atoms with Crippen molar-refractivity contribution >= 4 is 57.4 Å². The number of thiazole rings is 1. The zero-order valence-corrected chi connectivity index (χ0v) is 26.0. The van der Waals surface area contributed by atoms with Gasteiger partial charge in [-0.1, -0.05) is 34.5 Å². The van der Waals surface area contributed by atoms with Crippen LogP contribution in [0.1, 0.15) is 46.1 Å². The summed E-state index contributed by atoms with van der Waals surface area (Å²) >= 11 is 13.7. The molecule has 226 valence electrons. The standard InChI is InChI=1S/C27H34Cl2N8O4S/c1-4-40-18-14-37(9-6-16(18)34-25(38)23-21(29)20(28)15(3)33-23)27-35-22(24(42-27)26(39)41-5-2)17-12-32-19(13-31-17)36-10-7-30-8-11-36/h12-13,16,18,30,33H,4-11,14H2,1-3H3,(H,34,38)/t16-,18+/m1/s1. The van der Waals surface area contributed by atoms with Gasteiger partial charge in [-0.15, -0.1) is 0 Å². The molecule has 5 rings (SSSR count). The Morgan fingerprint density at radius 3 is 2.52 bits per heavy atom. The minimum Gasteiger partial charge on any atom is -0.462 e. The van der Waals surface area contributed by atoms with Gasteiger partial charge in [0.05, 0.1) is 41.2 Å². The maximum atomic E-state index is 13.0. The van der Waals surface area contributed by atoms with Crippen molar-refractivity contribution in [3.8, 4) is 11.4 Å². The quantitative estimate of drug-likeness (QED) is 0.299. The number of H-pyrrole nitrogens is 1. The Morgan fingerprint density at radius 2 is 1.88 bits per heavy atom. The van der Waals surface area contributed by atoms with E-state index in [2.05, 4.69) is 35.4 Å². The molecule has 2 saturated heterocycles. The summed E-state index contributed by atoms with van der Waals surface area (Å²) in [4.78, 5) is 47.6. The van der Waals surface area contributed by atoms with Gasteiger partial charge in [0, 0.05) is 51.6 Å². The lowest BCUT2D eigenvalue weighted by molar-refractivity contribution is 0.0272. The first kappa shape index (κ1) is 30.5. The van der Waals surface area contributed by atoms with Gasteiger partial charge in [0.15, 0.2) is 5.13 Å². The fraction of sp³-hybridized carbons (Fsp3) is 0.519. The number of aryl methyl sites for hydroxylation is 1. The average Bonchev–Trinajstić information content (AvgIpc) is 3.56.